The molecule has 1 aliphatic rings. The van der Waals surface area contributed by atoms with Gasteiger partial charge in [0.05, 0.1) is 13.0 Å². The summed E-state index contributed by atoms with van der Waals surface area (Å²) < 4.78 is 5.49. The molecule has 0 spiro atoms. The highest BCUT2D eigenvalue weighted by molar-refractivity contribution is 6.30. The molecule has 0 radical (unpaired) electrons. The molecule has 0 unspecified atom stereocenters. The first kappa shape index (κ1) is 21.4. The van der Waals surface area contributed by atoms with Crippen molar-refractivity contribution in [2.45, 2.75) is 13.0 Å². The number of aromatic amines is 1. The van der Waals surface area contributed by atoms with Crippen LogP contribution in [0.2, 0.25) is 5.02 Å². The normalized spacial score (nSPS) is 15.0. The van der Waals surface area contributed by atoms with E-state index in [1.807, 2.05) is 53.6 Å². The van der Waals surface area contributed by atoms with Crippen LogP contribution in [0.3, 0.4) is 0 Å². The minimum Gasteiger partial charge on any atom is -0.361 e. The van der Waals surface area contributed by atoms with Gasteiger partial charge in [-0.1, -0.05) is 47.1 Å². The average Bonchev–Trinajstić information content (AvgIpc) is 3.46. The van der Waals surface area contributed by atoms with Gasteiger partial charge in [0.2, 0.25) is 11.8 Å². The number of nitrogens with one attached hydrogen (secondary N) is 1. The predicted molar refractivity (Wildman–Crippen MR) is 128 cm³/mol. The lowest BCUT2D eigenvalue weighted by Gasteiger charge is -2.33. The van der Waals surface area contributed by atoms with Crippen LogP contribution >= 0.6 is 11.6 Å². The van der Waals surface area contributed by atoms with Gasteiger partial charge in [-0.25, -0.2) is 0 Å². The number of benzene rings is 2. The second kappa shape index (κ2) is 9.60. The number of piperazine rings is 1. The van der Waals surface area contributed by atoms with Gasteiger partial charge >= 0.3 is 0 Å². The molecule has 1 fully saturated rings. The Morgan fingerprint density at radius 1 is 1.09 bits per heavy atom. The maximum atomic E-state index is 12.5. The van der Waals surface area contributed by atoms with Crippen molar-refractivity contribution in [2.24, 2.45) is 0 Å². The van der Waals surface area contributed by atoms with Crippen molar-refractivity contribution in [3.8, 4) is 0 Å². The number of aromatic nitrogens is 3. The topological polar surface area (TPSA) is 78.3 Å². The van der Waals surface area contributed by atoms with Gasteiger partial charge in [0.1, 0.15) is 0 Å². The van der Waals surface area contributed by atoms with Gasteiger partial charge in [0.25, 0.3) is 0 Å². The number of fused-ring (bicyclic) bond motifs is 1. The minimum atomic E-state index is 0.0187. The fourth-order valence-corrected chi connectivity index (χ4v) is 4.17. The van der Waals surface area contributed by atoms with E-state index in [9.17, 15) is 4.79 Å². The van der Waals surface area contributed by atoms with Crippen LogP contribution < -0.4 is 0 Å². The molecule has 2 aromatic heterocycles. The Labute approximate surface area is 196 Å². The number of amides is 1. The van der Waals surface area contributed by atoms with Crippen molar-refractivity contribution < 1.29 is 9.32 Å². The molecule has 7 nitrogen and oxygen atoms in total. The van der Waals surface area contributed by atoms with Crippen LogP contribution in [0.1, 0.15) is 22.8 Å². The molecule has 0 bridgehead atoms. The molecule has 1 aliphatic heterocycles. The molecule has 0 saturated carbocycles. The molecular formula is C25H24ClN5O2. The SMILES string of the molecule is O=C(/C=C/c1ccc(Cl)cc1)N1CCN(Cc2noc(Cc3c[nH]c4ccccc34)n2)CC1. The highest BCUT2D eigenvalue weighted by Gasteiger charge is 2.21. The van der Waals surface area contributed by atoms with Crippen molar-refractivity contribution in [3.05, 3.63) is 88.7 Å². The van der Waals surface area contributed by atoms with Crippen molar-refractivity contribution in [2.75, 3.05) is 26.2 Å². The number of hydrogen-bond donors (Lipinski definition) is 1. The molecule has 0 aliphatic carbocycles. The van der Waals surface area contributed by atoms with Crippen molar-refractivity contribution in [1.82, 2.24) is 24.9 Å². The second-order valence-corrected chi connectivity index (χ2v) is 8.56. The highest BCUT2D eigenvalue weighted by atomic mass is 35.5. The molecule has 33 heavy (non-hydrogen) atoms. The molecule has 1 amide bonds. The van der Waals surface area contributed by atoms with E-state index in [2.05, 4.69) is 32.2 Å². The monoisotopic (exact) mass is 461 g/mol. The number of nitrogens with zero attached hydrogens (tertiary/aromatic N) is 4. The van der Waals surface area contributed by atoms with Crippen LogP contribution in [0.25, 0.3) is 17.0 Å². The van der Waals surface area contributed by atoms with Crippen LogP contribution in [-0.4, -0.2) is 57.0 Å². The summed E-state index contributed by atoms with van der Waals surface area (Å²) in [5, 5.41) is 6.01. The summed E-state index contributed by atoms with van der Waals surface area (Å²) in [6.07, 6.45) is 6.03. The lowest BCUT2D eigenvalue weighted by molar-refractivity contribution is -0.127. The standard InChI is InChI=1S/C25H24ClN5O2/c26-20-8-5-18(6-9-20)7-10-25(32)31-13-11-30(12-14-31)17-23-28-24(33-29-23)15-19-16-27-22-4-2-1-3-21(19)22/h1-10,16,27H,11-15,17H2/b10-7+. The van der Waals surface area contributed by atoms with Gasteiger partial charge in [-0.05, 0) is 35.4 Å². The van der Waals surface area contributed by atoms with Gasteiger partial charge in [-0.15, -0.1) is 0 Å². The number of rotatable bonds is 6. The van der Waals surface area contributed by atoms with Gasteiger partial charge in [-0.2, -0.15) is 4.98 Å². The van der Waals surface area contributed by atoms with E-state index >= 15 is 0 Å². The number of hydrogen-bond acceptors (Lipinski definition) is 5. The third kappa shape index (κ3) is 5.16. The maximum Gasteiger partial charge on any atom is 0.246 e. The first-order valence-corrected chi connectivity index (χ1v) is 11.3. The van der Waals surface area contributed by atoms with Crippen LogP contribution in [0.5, 0.6) is 0 Å². The van der Waals surface area contributed by atoms with E-state index in [0.717, 1.165) is 29.7 Å². The van der Waals surface area contributed by atoms with Crippen molar-refractivity contribution in [3.63, 3.8) is 0 Å². The van der Waals surface area contributed by atoms with Crippen molar-refractivity contribution in [1.29, 1.82) is 0 Å². The molecule has 5 rings (SSSR count). The molecule has 3 heterocycles. The first-order valence-electron chi connectivity index (χ1n) is 11.0. The molecule has 4 aromatic rings. The number of halogens is 1. The quantitative estimate of drug-likeness (QED) is 0.436. The molecular weight excluding hydrogens is 438 g/mol. The summed E-state index contributed by atoms with van der Waals surface area (Å²) in [7, 11) is 0. The molecule has 2 aromatic carbocycles. The zero-order valence-corrected chi connectivity index (χ0v) is 18.8. The molecule has 1 N–H and O–H groups in total. The Kier molecular flexibility index (Phi) is 6.24. The summed E-state index contributed by atoms with van der Waals surface area (Å²) in [5.41, 5.74) is 3.19. The zero-order valence-electron chi connectivity index (χ0n) is 18.1. The van der Waals surface area contributed by atoms with Crippen LogP contribution in [-0.2, 0) is 17.8 Å². The maximum absolute atomic E-state index is 12.5. The summed E-state index contributed by atoms with van der Waals surface area (Å²) in [6.45, 7) is 3.49. The Morgan fingerprint density at radius 3 is 2.70 bits per heavy atom. The molecule has 168 valence electrons. The first-order chi connectivity index (χ1) is 16.1. The summed E-state index contributed by atoms with van der Waals surface area (Å²) in [4.78, 5) is 24.5. The van der Waals surface area contributed by atoms with E-state index in [0.29, 0.717) is 42.8 Å². The third-order valence-electron chi connectivity index (χ3n) is 5.86. The number of H-pyrrole nitrogens is 1. The zero-order chi connectivity index (χ0) is 22.6. The van der Waals surface area contributed by atoms with E-state index in [1.54, 1.807) is 6.08 Å². The predicted octanol–water partition coefficient (Wildman–Crippen LogP) is 4.15. The molecule has 1 saturated heterocycles. The van der Waals surface area contributed by atoms with E-state index in [1.165, 1.54) is 5.39 Å². The minimum absolute atomic E-state index is 0.0187. The van der Waals surface area contributed by atoms with E-state index in [4.69, 9.17) is 16.1 Å². The highest BCUT2D eigenvalue weighted by Crippen LogP contribution is 2.20. The summed E-state index contributed by atoms with van der Waals surface area (Å²) >= 11 is 5.90. The third-order valence-corrected chi connectivity index (χ3v) is 6.12. The fourth-order valence-electron chi connectivity index (χ4n) is 4.04. The van der Waals surface area contributed by atoms with Crippen LogP contribution in [0.15, 0.2) is 65.3 Å². The largest absolute Gasteiger partial charge is 0.361 e. The summed E-state index contributed by atoms with van der Waals surface area (Å²) in [6, 6.07) is 15.6. The molecule has 8 heteroatoms. The van der Waals surface area contributed by atoms with Gasteiger partial charge in [0.15, 0.2) is 5.82 Å². The van der Waals surface area contributed by atoms with Gasteiger partial charge in [-0.3, -0.25) is 9.69 Å². The van der Waals surface area contributed by atoms with Crippen molar-refractivity contribution >= 4 is 34.5 Å². The number of carbonyl (C=O) groups is 1. The Balaban J connectivity index is 1.12. The average molecular weight is 462 g/mol. The van der Waals surface area contributed by atoms with E-state index in [-0.39, 0.29) is 5.91 Å². The Morgan fingerprint density at radius 2 is 1.88 bits per heavy atom. The fraction of sp³-hybridized carbons (Fsp3) is 0.240. The lowest BCUT2D eigenvalue weighted by Crippen LogP contribution is -2.47. The Bertz CT molecular complexity index is 1270. The van der Waals surface area contributed by atoms with E-state index < -0.39 is 0 Å². The van der Waals surface area contributed by atoms with Crippen LogP contribution in [0, 0.1) is 0 Å². The van der Waals surface area contributed by atoms with Gasteiger partial charge < -0.3 is 14.4 Å². The van der Waals surface area contributed by atoms with Gasteiger partial charge in [0, 0.05) is 54.4 Å². The summed E-state index contributed by atoms with van der Waals surface area (Å²) in [5.74, 6) is 1.30. The number of carbonyl (C=O) groups excluding carboxylic acids is 1. The lowest BCUT2D eigenvalue weighted by atomic mass is 10.1. The number of para-hydroxylation sites is 1. The molecule has 0 atom stereocenters. The second-order valence-electron chi connectivity index (χ2n) is 8.13. The Hall–Kier alpha value is -3.42. The van der Waals surface area contributed by atoms with Crippen LogP contribution in [0.4, 0.5) is 0 Å². The smallest absolute Gasteiger partial charge is 0.246 e.